The number of hydrogen-bond acceptors (Lipinski definition) is 6. The minimum Gasteiger partial charge on any atom is -0.380 e. The summed E-state index contributed by atoms with van der Waals surface area (Å²) < 4.78 is 5.37. The molecule has 0 atom stereocenters. The summed E-state index contributed by atoms with van der Waals surface area (Å²) in [5, 5.41) is 15.6. The number of nitrogens with zero attached hydrogens (tertiary/aromatic N) is 4. The van der Waals surface area contributed by atoms with E-state index in [2.05, 4.69) is 25.3 Å². The number of morpholine rings is 1. The number of hydrogen-bond donors (Lipinski definition) is 2. The Bertz CT molecular complexity index is 648. The number of ether oxygens (including phenoxy) is 1. The summed E-state index contributed by atoms with van der Waals surface area (Å²) in [5.41, 5.74) is 8.32. The number of nitrogen functional groups attached to an aromatic ring is 1. The SMILES string of the molecule is Nc1n[nH]c(CCCCN2CCOCC2)c1N=Nc1ccccc1. The number of aryl methyl sites for hydroxylation is 1. The molecule has 0 unspecified atom stereocenters. The Morgan fingerprint density at radius 2 is 1.92 bits per heavy atom. The second-order valence-corrected chi connectivity index (χ2v) is 5.88. The van der Waals surface area contributed by atoms with E-state index in [0.717, 1.165) is 63.5 Å². The molecule has 3 N–H and O–H groups in total. The molecule has 0 spiro atoms. The highest BCUT2D eigenvalue weighted by Gasteiger charge is 2.12. The fraction of sp³-hybridized carbons (Fsp3) is 0.471. The Morgan fingerprint density at radius 3 is 2.71 bits per heavy atom. The van der Waals surface area contributed by atoms with Gasteiger partial charge in [0.1, 0.15) is 0 Å². The molecule has 2 heterocycles. The average molecular weight is 328 g/mol. The van der Waals surface area contributed by atoms with Crippen molar-refractivity contribution in [1.82, 2.24) is 15.1 Å². The molecule has 0 bridgehead atoms. The molecule has 0 amide bonds. The van der Waals surface area contributed by atoms with Crippen LogP contribution in [0, 0.1) is 0 Å². The zero-order chi connectivity index (χ0) is 16.6. The topological polar surface area (TPSA) is 91.9 Å². The van der Waals surface area contributed by atoms with E-state index in [9.17, 15) is 0 Å². The Hall–Kier alpha value is -2.25. The number of anilines is 1. The number of aromatic nitrogens is 2. The first-order chi connectivity index (χ1) is 11.8. The molecule has 1 saturated heterocycles. The fourth-order valence-corrected chi connectivity index (χ4v) is 2.74. The first-order valence-corrected chi connectivity index (χ1v) is 8.42. The van der Waals surface area contributed by atoms with E-state index in [1.807, 2.05) is 30.3 Å². The molecule has 24 heavy (non-hydrogen) atoms. The van der Waals surface area contributed by atoms with Crippen molar-refractivity contribution in [2.24, 2.45) is 10.2 Å². The zero-order valence-corrected chi connectivity index (χ0v) is 13.8. The van der Waals surface area contributed by atoms with E-state index < -0.39 is 0 Å². The lowest BCUT2D eigenvalue weighted by Gasteiger charge is -2.26. The minimum atomic E-state index is 0.401. The molecule has 1 fully saturated rings. The van der Waals surface area contributed by atoms with Crippen molar-refractivity contribution >= 4 is 17.2 Å². The van der Waals surface area contributed by atoms with Crippen molar-refractivity contribution in [3.8, 4) is 0 Å². The number of azo groups is 1. The molecule has 1 aromatic heterocycles. The Kier molecular flexibility index (Phi) is 5.92. The van der Waals surface area contributed by atoms with Crippen LogP contribution >= 0.6 is 0 Å². The van der Waals surface area contributed by atoms with E-state index >= 15 is 0 Å². The second kappa shape index (κ2) is 8.56. The van der Waals surface area contributed by atoms with Gasteiger partial charge in [-0.2, -0.15) is 10.2 Å². The van der Waals surface area contributed by atoms with Gasteiger partial charge in [-0.1, -0.05) is 18.2 Å². The standard InChI is InChI=1S/C17H24N6O/c18-17-16(21-19-14-6-2-1-3-7-14)15(20-22-17)8-4-5-9-23-10-12-24-13-11-23/h1-3,6-7H,4-5,8-13H2,(H3,18,20,22). The molecule has 128 valence electrons. The van der Waals surface area contributed by atoms with Crippen LogP contribution in [0.5, 0.6) is 0 Å². The molecule has 2 aromatic rings. The van der Waals surface area contributed by atoms with Gasteiger partial charge in [-0.15, -0.1) is 5.11 Å². The predicted octanol–water partition coefficient (Wildman–Crippen LogP) is 3.06. The third-order valence-electron chi connectivity index (χ3n) is 4.12. The number of unbranched alkanes of at least 4 members (excludes halogenated alkanes) is 1. The monoisotopic (exact) mass is 328 g/mol. The van der Waals surface area contributed by atoms with Gasteiger partial charge in [0.05, 0.1) is 24.6 Å². The van der Waals surface area contributed by atoms with Gasteiger partial charge in [-0.25, -0.2) is 0 Å². The first-order valence-electron chi connectivity index (χ1n) is 8.42. The summed E-state index contributed by atoms with van der Waals surface area (Å²) in [4.78, 5) is 2.45. The molecule has 0 saturated carbocycles. The third-order valence-corrected chi connectivity index (χ3v) is 4.12. The highest BCUT2D eigenvalue weighted by atomic mass is 16.5. The van der Waals surface area contributed by atoms with Crippen LogP contribution < -0.4 is 5.73 Å². The van der Waals surface area contributed by atoms with Crippen LogP contribution in [-0.4, -0.2) is 47.9 Å². The second-order valence-electron chi connectivity index (χ2n) is 5.88. The number of benzene rings is 1. The number of H-pyrrole nitrogens is 1. The molecular weight excluding hydrogens is 304 g/mol. The lowest BCUT2D eigenvalue weighted by atomic mass is 10.1. The predicted molar refractivity (Wildman–Crippen MR) is 93.8 cm³/mol. The molecule has 1 aliphatic heterocycles. The zero-order valence-electron chi connectivity index (χ0n) is 13.8. The van der Waals surface area contributed by atoms with Crippen LogP contribution in [0.1, 0.15) is 18.5 Å². The van der Waals surface area contributed by atoms with Gasteiger partial charge >= 0.3 is 0 Å². The maximum absolute atomic E-state index is 5.91. The highest BCUT2D eigenvalue weighted by molar-refractivity contribution is 5.60. The normalized spacial score (nSPS) is 16.0. The van der Waals surface area contributed by atoms with Crippen LogP contribution in [0.4, 0.5) is 17.2 Å². The van der Waals surface area contributed by atoms with Gasteiger partial charge in [0.25, 0.3) is 0 Å². The van der Waals surface area contributed by atoms with E-state index in [1.54, 1.807) is 0 Å². The maximum atomic E-state index is 5.91. The van der Waals surface area contributed by atoms with E-state index in [1.165, 1.54) is 0 Å². The Labute approximate surface area is 141 Å². The van der Waals surface area contributed by atoms with Gasteiger partial charge in [0.2, 0.25) is 0 Å². The largest absolute Gasteiger partial charge is 0.380 e. The molecule has 1 aliphatic rings. The van der Waals surface area contributed by atoms with Gasteiger partial charge in [0.15, 0.2) is 11.5 Å². The van der Waals surface area contributed by atoms with E-state index in [0.29, 0.717) is 11.5 Å². The van der Waals surface area contributed by atoms with Gasteiger partial charge in [0, 0.05) is 13.1 Å². The van der Waals surface area contributed by atoms with Gasteiger partial charge in [-0.3, -0.25) is 10.00 Å². The van der Waals surface area contributed by atoms with Crippen molar-refractivity contribution in [2.45, 2.75) is 19.3 Å². The van der Waals surface area contributed by atoms with Crippen molar-refractivity contribution < 1.29 is 4.74 Å². The smallest absolute Gasteiger partial charge is 0.173 e. The lowest BCUT2D eigenvalue weighted by Crippen LogP contribution is -2.36. The quantitative estimate of drug-likeness (QED) is 0.603. The number of rotatable bonds is 7. The molecule has 1 aromatic carbocycles. The lowest BCUT2D eigenvalue weighted by molar-refractivity contribution is 0.0372. The maximum Gasteiger partial charge on any atom is 0.173 e. The third kappa shape index (κ3) is 4.62. The van der Waals surface area contributed by atoms with Gasteiger partial charge in [-0.05, 0) is 37.9 Å². The summed E-state index contributed by atoms with van der Waals surface area (Å²) >= 11 is 0. The molecular formula is C17H24N6O. The number of aromatic amines is 1. The molecule has 0 radical (unpaired) electrons. The number of nitrogens with one attached hydrogen (secondary N) is 1. The summed E-state index contributed by atoms with van der Waals surface area (Å²) in [5.74, 6) is 0.401. The fourth-order valence-electron chi connectivity index (χ4n) is 2.74. The molecule has 3 rings (SSSR count). The van der Waals surface area contributed by atoms with E-state index in [4.69, 9.17) is 10.5 Å². The molecule has 0 aliphatic carbocycles. The van der Waals surface area contributed by atoms with E-state index in [-0.39, 0.29) is 0 Å². The molecule has 7 nitrogen and oxygen atoms in total. The van der Waals surface area contributed by atoms with Crippen LogP contribution in [0.3, 0.4) is 0 Å². The van der Waals surface area contributed by atoms with Crippen LogP contribution in [0.25, 0.3) is 0 Å². The van der Waals surface area contributed by atoms with Crippen molar-refractivity contribution in [3.05, 3.63) is 36.0 Å². The average Bonchev–Trinajstić information content (AvgIpc) is 2.98. The molecule has 7 heteroatoms. The van der Waals surface area contributed by atoms with Crippen molar-refractivity contribution in [2.75, 3.05) is 38.6 Å². The Balaban J connectivity index is 1.51. The summed E-state index contributed by atoms with van der Waals surface area (Å²) in [6.45, 7) is 4.87. The van der Waals surface area contributed by atoms with Crippen LogP contribution in [0.15, 0.2) is 40.6 Å². The van der Waals surface area contributed by atoms with Crippen LogP contribution in [-0.2, 0) is 11.2 Å². The van der Waals surface area contributed by atoms with Crippen molar-refractivity contribution in [1.29, 1.82) is 0 Å². The highest BCUT2D eigenvalue weighted by Crippen LogP contribution is 2.27. The summed E-state index contributed by atoms with van der Waals surface area (Å²) in [7, 11) is 0. The minimum absolute atomic E-state index is 0.401. The summed E-state index contributed by atoms with van der Waals surface area (Å²) in [6, 6.07) is 9.62. The number of nitrogens with two attached hydrogens (primary N) is 1. The first kappa shape index (κ1) is 16.6. The summed E-state index contributed by atoms with van der Waals surface area (Å²) in [6.07, 6.45) is 3.07. The van der Waals surface area contributed by atoms with Gasteiger partial charge < -0.3 is 10.5 Å². The van der Waals surface area contributed by atoms with Crippen LogP contribution in [0.2, 0.25) is 0 Å². The Morgan fingerprint density at radius 1 is 1.12 bits per heavy atom. The van der Waals surface area contributed by atoms with Crippen molar-refractivity contribution in [3.63, 3.8) is 0 Å².